The second-order valence-electron chi connectivity index (χ2n) is 5.59. The fourth-order valence-corrected chi connectivity index (χ4v) is 4.35. The summed E-state index contributed by atoms with van der Waals surface area (Å²) in [7, 11) is 0. The number of aryl methyl sites for hydroxylation is 2. The molecule has 1 N–H and O–H groups in total. The normalized spacial score (nSPS) is 19.6. The zero-order valence-corrected chi connectivity index (χ0v) is 12.0. The van der Waals surface area contributed by atoms with Gasteiger partial charge in [0, 0.05) is 16.3 Å². The molecule has 0 radical (unpaired) electrons. The number of rotatable bonds is 6. The molecule has 1 aromatic rings. The van der Waals surface area contributed by atoms with Crippen LogP contribution in [0.3, 0.4) is 0 Å². The summed E-state index contributed by atoms with van der Waals surface area (Å²) in [5, 5.41) is 3.60. The number of nitrogens with one attached hydrogen (secondary N) is 1. The Labute approximate surface area is 114 Å². The minimum atomic E-state index is 1.08. The average Bonchev–Trinajstić information content (AvgIpc) is 3.03. The molecule has 1 saturated heterocycles. The van der Waals surface area contributed by atoms with Crippen LogP contribution in [0.1, 0.15) is 41.0 Å². The molecule has 0 bridgehead atoms. The van der Waals surface area contributed by atoms with Gasteiger partial charge in [-0.15, -0.1) is 11.3 Å². The standard InChI is InChI=1S/C15H24N2S/c1-2-9-17(8-1)10-4-7-16-12-14-11-13-5-3-6-15(13)18-14/h11,16H,1-10,12H2. The maximum absolute atomic E-state index is 3.60. The molecule has 0 aromatic carbocycles. The summed E-state index contributed by atoms with van der Waals surface area (Å²) < 4.78 is 0. The maximum atomic E-state index is 3.60. The molecule has 0 atom stereocenters. The van der Waals surface area contributed by atoms with E-state index in [1.807, 2.05) is 11.3 Å². The molecule has 0 unspecified atom stereocenters. The number of fused-ring (bicyclic) bond motifs is 1. The van der Waals surface area contributed by atoms with Crippen molar-refractivity contribution in [2.75, 3.05) is 26.2 Å². The van der Waals surface area contributed by atoms with E-state index in [0.717, 1.165) is 6.54 Å². The molecule has 0 saturated carbocycles. The van der Waals surface area contributed by atoms with Crippen molar-refractivity contribution < 1.29 is 0 Å². The fraction of sp³-hybridized carbons (Fsp3) is 0.733. The van der Waals surface area contributed by atoms with Gasteiger partial charge in [0.15, 0.2) is 0 Å². The lowest BCUT2D eigenvalue weighted by molar-refractivity contribution is 0.331. The lowest BCUT2D eigenvalue weighted by Gasteiger charge is -2.14. The van der Waals surface area contributed by atoms with E-state index in [1.54, 1.807) is 15.3 Å². The Morgan fingerprint density at radius 3 is 2.89 bits per heavy atom. The van der Waals surface area contributed by atoms with Crippen LogP contribution in [-0.4, -0.2) is 31.1 Å². The third kappa shape index (κ3) is 3.14. The van der Waals surface area contributed by atoms with Crippen LogP contribution in [0.4, 0.5) is 0 Å². The van der Waals surface area contributed by atoms with Gasteiger partial charge in [0.25, 0.3) is 0 Å². The predicted octanol–water partition coefficient (Wildman–Crippen LogP) is 2.81. The quantitative estimate of drug-likeness (QED) is 0.795. The fourth-order valence-electron chi connectivity index (χ4n) is 3.12. The molecule has 3 rings (SSSR count). The first kappa shape index (κ1) is 12.6. The highest BCUT2D eigenvalue weighted by atomic mass is 32.1. The predicted molar refractivity (Wildman–Crippen MR) is 78.3 cm³/mol. The summed E-state index contributed by atoms with van der Waals surface area (Å²) >= 11 is 2.03. The van der Waals surface area contributed by atoms with Gasteiger partial charge in [0.1, 0.15) is 0 Å². The van der Waals surface area contributed by atoms with Crippen LogP contribution in [0.2, 0.25) is 0 Å². The summed E-state index contributed by atoms with van der Waals surface area (Å²) in [4.78, 5) is 5.80. The van der Waals surface area contributed by atoms with Gasteiger partial charge in [-0.3, -0.25) is 0 Å². The second-order valence-corrected chi connectivity index (χ2v) is 6.82. The second kappa shape index (κ2) is 6.18. The van der Waals surface area contributed by atoms with Gasteiger partial charge in [-0.1, -0.05) is 0 Å². The Kier molecular flexibility index (Phi) is 4.34. The molecule has 1 aromatic heterocycles. The van der Waals surface area contributed by atoms with Crippen LogP contribution in [0, 0.1) is 0 Å². The Balaban J connectivity index is 1.31. The summed E-state index contributed by atoms with van der Waals surface area (Å²) in [6.45, 7) is 6.19. The molecular weight excluding hydrogens is 240 g/mol. The minimum Gasteiger partial charge on any atom is -0.312 e. The summed E-state index contributed by atoms with van der Waals surface area (Å²) in [5.74, 6) is 0. The molecule has 1 aliphatic heterocycles. The Morgan fingerprint density at radius 1 is 1.17 bits per heavy atom. The summed E-state index contributed by atoms with van der Waals surface area (Å²) in [6, 6.07) is 2.43. The molecule has 100 valence electrons. The Bertz CT molecular complexity index is 358. The van der Waals surface area contributed by atoms with E-state index in [2.05, 4.69) is 16.3 Å². The lowest BCUT2D eigenvalue weighted by atomic mass is 10.2. The number of hydrogen-bond donors (Lipinski definition) is 1. The SMILES string of the molecule is c1c(CNCCCN2CCCC2)sc2c1CCC2. The lowest BCUT2D eigenvalue weighted by Crippen LogP contribution is -2.24. The van der Waals surface area contributed by atoms with Gasteiger partial charge in [-0.25, -0.2) is 0 Å². The van der Waals surface area contributed by atoms with Crippen LogP contribution >= 0.6 is 11.3 Å². The van der Waals surface area contributed by atoms with Crippen LogP contribution in [0.25, 0.3) is 0 Å². The Hall–Kier alpha value is -0.380. The first-order valence-electron chi connectivity index (χ1n) is 7.45. The van der Waals surface area contributed by atoms with Gasteiger partial charge in [-0.2, -0.15) is 0 Å². The van der Waals surface area contributed by atoms with E-state index in [1.165, 1.54) is 64.7 Å². The summed E-state index contributed by atoms with van der Waals surface area (Å²) in [5.41, 5.74) is 1.63. The third-order valence-corrected chi connectivity index (χ3v) is 5.36. The number of nitrogens with zero attached hydrogens (tertiary/aromatic N) is 1. The average molecular weight is 264 g/mol. The van der Waals surface area contributed by atoms with Crippen molar-refractivity contribution in [3.8, 4) is 0 Å². The third-order valence-electron chi connectivity index (χ3n) is 4.12. The van der Waals surface area contributed by atoms with Crippen LogP contribution < -0.4 is 5.32 Å². The number of likely N-dealkylation sites (tertiary alicyclic amines) is 1. The van der Waals surface area contributed by atoms with Gasteiger partial charge in [-0.05, 0) is 76.3 Å². The molecular formula is C15H24N2S. The molecule has 1 fully saturated rings. The van der Waals surface area contributed by atoms with Gasteiger partial charge >= 0.3 is 0 Å². The van der Waals surface area contributed by atoms with E-state index < -0.39 is 0 Å². The molecule has 2 nitrogen and oxygen atoms in total. The van der Waals surface area contributed by atoms with Crippen molar-refractivity contribution in [1.29, 1.82) is 0 Å². The van der Waals surface area contributed by atoms with Gasteiger partial charge < -0.3 is 10.2 Å². The van der Waals surface area contributed by atoms with E-state index in [9.17, 15) is 0 Å². The highest BCUT2D eigenvalue weighted by molar-refractivity contribution is 7.12. The van der Waals surface area contributed by atoms with Crippen LogP contribution in [0.15, 0.2) is 6.07 Å². The van der Waals surface area contributed by atoms with Crippen LogP contribution in [-0.2, 0) is 19.4 Å². The largest absolute Gasteiger partial charge is 0.312 e. The maximum Gasteiger partial charge on any atom is 0.0299 e. The molecule has 18 heavy (non-hydrogen) atoms. The van der Waals surface area contributed by atoms with Crippen molar-refractivity contribution in [2.24, 2.45) is 0 Å². The van der Waals surface area contributed by atoms with E-state index in [4.69, 9.17) is 0 Å². The van der Waals surface area contributed by atoms with E-state index in [0.29, 0.717) is 0 Å². The zero-order valence-electron chi connectivity index (χ0n) is 11.2. The van der Waals surface area contributed by atoms with Gasteiger partial charge in [0.2, 0.25) is 0 Å². The molecule has 0 spiro atoms. The van der Waals surface area contributed by atoms with Crippen molar-refractivity contribution in [3.05, 3.63) is 21.4 Å². The van der Waals surface area contributed by atoms with Crippen molar-refractivity contribution >= 4 is 11.3 Å². The monoisotopic (exact) mass is 264 g/mol. The van der Waals surface area contributed by atoms with Crippen molar-refractivity contribution in [3.63, 3.8) is 0 Å². The first-order chi connectivity index (χ1) is 8.92. The molecule has 1 aliphatic carbocycles. The van der Waals surface area contributed by atoms with E-state index in [-0.39, 0.29) is 0 Å². The zero-order chi connectivity index (χ0) is 12.2. The van der Waals surface area contributed by atoms with Crippen molar-refractivity contribution in [2.45, 2.75) is 45.1 Å². The number of thiophene rings is 1. The van der Waals surface area contributed by atoms with Crippen molar-refractivity contribution in [1.82, 2.24) is 10.2 Å². The molecule has 3 heteroatoms. The van der Waals surface area contributed by atoms with Crippen LogP contribution in [0.5, 0.6) is 0 Å². The molecule has 2 heterocycles. The highest BCUT2D eigenvalue weighted by Crippen LogP contribution is 2.30. The topological polar surface area (TPSA) is 15.3 Å². The van der Waals surface area contributed by atoms with Gasteiger partial charge in [0.05, 0.1) is 0 Å². The first-order valence-corrected chi connectivity index (χ1v) is 8.27. The smallest absolute Gasteiger partial charge is 0.0299 e. The highest BCUT2D eigenvalue weighted by Gasteiger charge is 2.14. The minimum absolute atomic E-state index is 1.08. The number of hydrogen-bond acceptors (Lipinski definition) is 3. The summed E-state index contributed by atoms with van der Waals surface area (Å²) in [6.07, 6.45) is 8.15. The molecule has 0 amide bonds. The molecule has 2 aliphatic rings. The Morgan fingerprint density at radius 2 is 2.06 bits per heavy atom. The van der Waals surface area contributed by atoms with E-state index >= 15 is 0 Å².